The Bertz CT molecular complexity index is 232. The number of rotatable bonds is 3. The van der Waals surface area contributed by atoms with E-state index in [9.17, 15) is 4.79 Å². The van der Waals surface area contributed by atoms with Crippen molar-refractivity contribution in [2.75, 3.05) is 13.7 Å². The molecule has 0 amide bonds. The molecule has 0 aliphatic heterocycles. The summed E-state index contributed by atoms with van der Waals surface area (Å²) in [5, 5.41) is 0. The summed E-state index contributed by atoms with van der Waals surface area (Å²) in [4.78, 5) is 11.6. The maximum Gasteiger partial charge on any atom is 0.162 e. The number of carbonyl (C=O) groups excluding carboxylic acids is 1. The molecular formula is C11H16O2. The van der Waals surface area contributed by atoms with Crippen molar-refractivity contribution >= 4 is 5.78 Å². The summed E-state index contributed by atoms with van der Waals surface area (Å²) in [6.45, 7) is 0.344. The van der Waals surface area contributed by atoms with Crippen LogP contribution in [0.1, 0.15) is 19.3 Å². The van der Waals surface area contributed by atoms with Crippen LogP contribution in [0.5, 0.6) is 0 Å². The Morgan fingerprint density at radius 3 is 2.46 bits per heavy atom. The summed E-state index contributed by atoms with van der Waals surface area (Å²) in [7, 11) is 1.62. The number of fused-ring (bicyclic) bond motifs is 5. The van der Waals surface area contributed by atoms with Gasteiger partial charge in [0.05, 0.1) is 0 Å². The molecule has 3 fully saturated rings. The molecule has 3 aliphatic carbocycles. The van der Waals surface area contributed by atoms with Crippen LogP contribution in [0, 0.1) is 29.6 Å². The molecule has 0 aromatic heterocycles. The summed E-state index contributed by atoms with van der Waals surface area (Å²) in [6, 6.07) is 0. The van der Waals surface area contributed by atoms with E-state index in [0.29, 0.717) is 18.3 Å². The first-order valence-corrected chi connectivity index (χ1v) is 5.34. The van der Waals surface area contributed by atoms with Crippen molar-refractivity contribution in [1.82, 2.24) is 0 Å². The van der Waals surface area contributed by atoms with Crippen molar-refractivity contribution < 1.29 is 9.53 Å². The number of ketones is 1. The lowest BCUT2D eigenvalue weighted by Gasteiger charge is -2.06. The monoisotopic (exact) mass is 180 g/mol. The van der Waals surface area contributed by atoms with Crippen LogP contribution in [0.25, 0.3) is 0 Å². The van der Waals surface area contributed by atoms with E-state index in [2.05, 4.69) is 0 Å². The van der Waals surface area contributed by atoms with E-state index in [0.717, 1.165) is 23.7 Å². The molecule has 3 rings (SSSR count). The lowest BCUT2D eigenvalue weighted by molar-refractivity contribution is -0.124. The van der Waals surface area contributed by atoms with Crippen LogP contribution in [0.15, 0.2) is 0 Å². The quantitative estimate of drug-likeness (QED) is 0.657. The van der Waals surface area contributed by atoms with Gasteiger partial charge in [0.2, 0.25) is 0 Å². The van der Waals surface area contributed by atoms with Crippen LogP contribution in [0.2, 0.25) is 0 Å². The maximum atomic E-state index is 11.6. The second kappa shape index (κ2) is 2.57. The summed E-state index contributed by atoms with van der Waals surface area (Å²) < 4.78 is 4.91. The molecule has 72 valence electrons. The van der Waals surface area contributed by atoms with Crippen LogP contribution in [0.4, 0.5) is 0 Å². The molecular weight excluding hydrogens is 164 g/mol. The maximum absolute atomic E-state index is 11.6. The number of hydrogen-bond acceptors (Lipinski definition) is 2. The number of ether oxygens (including phenoxy) is 1. The molecule has 2 nitrogen and oxygen atoms in total. The van der Waals surface area contributed by atoms with Gasteiger partial charge in [-0.25, -0.2) is 0 Å². The van der Waals surface area contributed by atoms with Crippen molar-refractivity contribution in [3.8, 4) is 0 Å². The summed E-state index contributed by atoms with van der Waals surface area (Å²) in [5.74, 6) is 4.14. The smallest absolute Gasteiger partial charge is 0.162 e. The van der Waals surface area contributed by atoms with Gasteiger partial charge in [-0.05, 0) is 42.9 Å². The van der Waals surface area contributed by atoms with Crippen LogP contribution in [0.3, 0.4) is 0 Å². The first-order chi connectivity index (χ1) is 6.33. The topological polar surface area (TPSA) is 26.3 Å². The van der Waals surface area contributed by atoms with Gasteiger partial charge in [-0.3, -0.25) is 4.79 Å². The van der Waals surface area contributed by atoms with Gasteiger partial charge in [0, 0.05) is 13.0 Å². The van der Waals surface area contributed by atoms with Gasteiger partial charge in [0.15, 0.2) is 5.78 Å². The highest BCUT2D eigenvalue weighted by Crippen LogP contribution is 2.69. The van der Waals surface area contributed by atoms with E-state index in [1.54, 1.807) is 7.11 Å². The summed E-state index contributed by atoms with van der Waals surface area (Å²) in [5.41, 5.74) is 0. The molecule has 0 aromatic rings. The van der Waals surface area contributed by atoms with Gasteiger partial charge < -0.3 is 4.74 Å². The zero-order chi connectivity index (χ0) is 9.00. The standard InChI is InChI=1S/C11H16O2/c1-13-5-8(12)11-9-6-2-3-7(4-6)10(9)11/h6-7,9-11H,2-5H2,1H3. The van der Waals surface area contributed by atoms with Crippen molar-refractivity contribution in [3.05, 3.63) is 0 Å². The number of hydrogen-bond donors (Lipinski definition) is 0. The van der Waals surface area contributed by atoms with E-state index in [4.69, 9.17) is 4.74 Å². The predicted molar refractivity (Wildman–Crippen MR) is 48.2 cm³/mol. The van der Waals surface area contributed by atoms with Crippen LogP contribution in [-0.4, -0.2) is 19.5 Å². The third-order valence-electron chi connectivity index (χ3n) is 4.39. The minimum atomic E-state index is 0.344. The van der Waals surface area contributed by atoms with Crippen LogP contribution in [-0.2, 0) is 9.53 Å². The molecule has 0 spiro atoms. The van der Waals surface area contributed by atoms with Crippen molar-refractivity contribution in [3.63, 3.8) is 0 Å². The molecule has 0 saturated heterocycles. The summed E-state index contributed by atoms with van der Waals surface area (Å²) in [6.07, 6.45) is 4.21. The molecule has 2 bridgehead atoms. The van der Waals surface area contributed by atoms with Crippen molar-refractivity contribution in [1.29, 1.82) is 0 Å². The van der Waals surface area contributed by atoms with E-state index < -0.39 is 0 Å². The largest absolute Gasteiger partial charge is 0.377 e. The fourth-order valence-electron chi connectivity index (χ4n) is 3.99. The zero-order valence-electron chi connectivity index (χ0n) is 8.03. The third kappa shape index (κ3) is 0.954. The summed E-state index contributed by atoms with van der Waals surface area (Å²) >= 11 is 0. The number of carbonyl (C=O) groups is 1. The molecule has 2 heteroatoms. The number of methoxy groups -OCH3 is 1. The molecule has 3 aliphatic rings. The fourth-order valence-corrected chi connectivity index (χ4v) is 3.99. The Morgan fingerprint density at radius 1 is 1.31 bits per heavy atom. The lowest BCUT2D eigenvalue weighted by atomic mass is 10.0. The third-order valence-corrected chi connectivity index (χ3v) is 4.39. The van der Waals surface area contributed by atoms with Gasteiger partial charge in [0.25, 0.3) is 0 Å². The molecule has 4 unspecified atom stereocenters. The van der Waals surface area contributed by atoms with Gasteiger partial charge >= 0.3 is 0 Å². The van der Waals surface area contributed by atoms with Crippen molar-refractivity contribution in [2.45, 2.75) is 19.3 Å². The SMILES string of the molecule is COCC(=O)C1C2C3CCC(C3)C12. The highest BCUT2D eigenvalue weighted by Gasteiger charge is 2.66. The van der Waals surface area contributed by atoms with Gasteiger partial charge in [0.1, 0.15) is 6.61 Å². The van der Waals surface area contributed by atoms with Crippen LogP contribution < -0.4 is 0 Å². The first kappa shape index (κ1) is 7.98. The minimum absolute atomic E-state index is 0.344. The Balaban J connectivity index is 1.69. The second-order valence-electron chi connectivity index (χ2n) is 4.91. The molecule has 0 radical (unpaired) electrons. The molecule has 4 atom stereocenters. The lowest BCUT2D eigenvalue weighted by Crippen LogP contribution is -2.14. The zero-order valence-corrected chi connectivity index (χ0v) is 8.03. The highest BCUT2D eigenvalue weighted by atomic mass is 16.5. The van der Waals surface area contributed by atoms with Gasteiger partial charge in [-0.15, -0.1) is 0 Å². The molecule has 13 heavy (non-hydrogen) atoms. The second-order valence-corrected chi connectivity index (χ2v) is 4.91. The Labute approximate surface area is 78.6 Å². The van der Waals surface area contributed by atoms with Gasteiger partial charge in [-0.2, -0.15) is 0 Å². The minimum Gasteiger partial charge on any atom is -0.377 e. The van der Waals surface area contributed by atoms with E-state index >= 15 is 0 Å². The molecule has 0 aromatic carbocycles. The average Bonchev–Trinajstić information content (AvgIpc) is 2.57. The molecule has 3 saturated carbocycles. The van der Waals surface area contributed by atoms with E-state index in [-0.39, 0.29) is 0 Å². The Morgan fingerprint density at radius 2 is 1.92 bits per heavy atom. The van der Waals surface area contributed by atoms with Gasteiger partial charge in [-0.1, -0.05) is 0 Å². The van der Waals surface area contributed by atoms with E-state index in [1.165, 1.54) is 19.3 Å². The highest BCUT2D eigenvalue weighted by molar-refractivity contribution is 5.86. The molecule has 0 heterocycles. The Kier molecular flexibility index (Phi) is 1.58. The normalized spacial score (nSPS) is 50.7. The Hall–Kier alpha value is -0.370. The van der Waals surface area contributed by atoms with Crippen LogP contribution >= 0.6 is 0 Å². The predicted octanol–water partition coefficient (Wildman–Crippen LogP) is 1.49. The number of Topliss-reactive ketones (excluding diaryl/α,β-unsaturated/α-hetero) is 1. The first-order valence-electron chi connectivity index (χ1n) is 5.34. The average molecular weight is 180 g/mol. The molecule has 0 N–H and O–H groups in total. The van der Waals surface area contributed by atoms with Crippen molar-refractivity contribution in [2.24, 2.45) is 29.6 Å². The fraction of sp³-hybridized carbons (Fsp3) is 0.909. The van der Waals surface area contributed by atoms with E-state index in [1.807, 2.05) is 0 Å².